The number of nitrogens with zero attached hydrogens (tertiary/aromatic N) is 1. The summed E-state index contributed by atoms with van der Waals surface area (Å²) in [4.78, 5) is 2.49. The van der Waals surface area contributed by atoms with Gasteiger partial charge < -0.3 is 10.2 Å². The molecule has 3 heteroatoms. The van der Waals surface area contributed by atoms with Crippen molar-refractivity contribution in [3.05, 3.63) is 58.7 Å². The van der Waals surface area contributed by atoms with E-state index in [4.69, 9.17) is 0 Å². The first-order valence-corrected chi connectivity index (χ1v) is 10.9. The number of hydrogen-bond acceptors (Lipinski definition) is 3. The summed E-state index contributed by atoms with van der Waals surface area (Å²) in [7, 11) is 0. The maximum atomic E-state index is 11.1. The number of phenols is 2. The second kappa shape index (κ2) is 8.02. The summed E-state index contributed by atoms with van der Waals surface area (Å²) in [5.41, 5.74) is 3.69. The van der Waals surface area contributed by atoms with Gasteiger partial charge in [0, 0.05) is 5.56 Å². The highest BCUT2D eigenvalue weighted by Crippen LogP contribution is 2.44. The van der Waals surface area contributed by atoms with Crippen molar-refractivity contribution in [3.8, 4) is 11.5 Å². The van der Waals surface area contributed by atoms with E-state index in [-0.39, 0.29) is 16.9 Å². The summed E-state index contributed by atoms with van der Waals surface area (Å²) in [5.74, 6) is 0.745. The average Bonchev–Trinajstić information content (AvgIpc) is 2.63. The van der Waals surface area contributed by atoms with Crippen LogP contribution >= 0.6 is 0 Å². The van der Waals surface area contributed by atoms with E-state index in [9.17, 15) is 10.2 Å². The Morgan fingerprint density at radius 2 is 1.31 bits per heavy atom. The van der Waals surface area contributed by atoms with Crippen LogP contribution in [0.25, 0.3) is 0 Å². The fourth-order valence-electron chi connectivity index (χ4n) is 4.44. The number of piperidine rings is 1. The standard InChI is InChI=1S/C26H37NO2/c1-25(2,3)20-16-18(17-21(24(20)29)26(4,5)6)23(27-14-10-7-11-15-27)19-12-8-9-13-22(19)28/h8-9,12-13,16-17,23,28-29H,7,10-11,14-15H2,1-6H3/t23-/m1/s1. The summed E-state index contributed by atoms with van der Waals surface area (Å²) in [5, 5.41) is 21.8. The average molecular weight is 396 g/mol. The number of para-hydroxylation sites is 1. The maximum absolute atomic E-state index is 11.1. The van der Waals surface area contributed by atoms with Gasteiger partial charge in [0.05, 0.1) is 6.04 Å². The predicted molar refractivity (Wildman–Crippen MR) is 121 cm³/mol. The zero-order valence-corrected chi connectivity index (χ0v) is 18.9. The van der Waals surface area contributed by atoms with E-state index in [0.29, 0.717) is 11.5 Å². The Morgan fingerprint density at radius 1 is 0.793 bits per heavy atom. The molecule has 29 heavy (non-hydrogen) atoms. The van der Waals surface area contributed by atoms with E-state index in [1.807, 2.05) is 18.2 Å². The molecule has 0 spiro atoms. The van der Waals surface area contributed by atoms with Gasteiger partial charge in [-0.3, -0.25) is 4.90 Å². The molecule has 0 saturated carbocycles. The molecular weight excluding hydrogens is 358 g/mol. The molecule has 0 radical (unpaired) electrons. The Morgan fingerprint density at radius 3 is 1.79 bits per heavy atom. The van der Waals surface area contributed by atoms with Crippen molar-refractivity contribution in [1.29, 1.82) is 0 Å². The molecule has 2 aromatic rings. The van der Waals surface area contributed by atoms with Crippen LogP contribution in [0.4, 0.5) is 0 Å². The lowest BCUT2D eigenvalue weighted by Gasteiger charge is -2.37. The van der Waals surface area contributed by atoms with Crippen LogP contribution in [0.3, 0.4) is 0 Å². The highest BCUT2D eigenvalue weighted by molar-refractivity contribution is 5.53. The molecule has 0 unspecified atom stereocenters. The van der Waals surface area contributed by atoms with Gasteiger partial charge in [-0.15, -0.1) is 0 Å². The molecule has 1 heterocycles. The fourth-order valence-corrected chi connectivity index (χ4v) is 4.44. The van der Waals surface area contributed by atoms with Crippen molar-refractivity contribution >= 4 is 0 Å². The zero-order valence-electron chi connectivity index (χ0n) is 18.9. The Kier molecular flexibility index (Phi) is 6.01. The van der Waals surface area contributed by atoms with Crippen molar-refractivity contribution < 1.29 is 10.2 Å². The summed E-state index contributed by atoms with van der Waals surface area (Å²) in [6.07, 6.45) is 3.63. The van der Waals surface area contributed by atoms with E-state index in [1.165, 1.54) is 19.3 Å². The van der Waals surface area contributed by atoms with Gasteiger partial charge in [-0.25, -0.2) is 0 Å². The lowest BCUT2D eigenvalue weighted by atomic mass is 9.77. The van der Waals surface area contributed by atoms with E-state index in [1.54, 1.807) is 6.07 Å². The molecule has 0 amide bonds. The molecule has 3 rings (SSSR count). The first-order chi connectivity index (χ1) is 13.5. The molecule has 0 aliphatic carbocycles. The van der Waals surface area contributed by atoms with Gasteiger partial charge in [0.25, 0.3) is 0 Å². The topological polar surface area (TPSA) is 43.7 Å². The zero-order chi connectivity index (χ0) is 21.4. The lowest BCUT2D eigenvalue weighted by molar-refractivity contribution is 0.184. The third kappa shape index (κ3) is 4.61. The number of hydrogen-bond donors (Lipinski definition) is 2. The number of aromatic hydroxyl groups is 2. The van der Waals surface area contributed by atoms with Crippen LogP contribution in [-0.4, -0.2) is 28.2 Å². The molecule has 1 fully saturated rings. The van der Waals surface area contributed by atoms with Crippen LogP contribution in [0.2, 0.25) is 0 Å². The van der Waals surface area contributed by atoms with Crippen molar-refractivity contribution in [2.45, 2.75) is 77.7 Å². The van der Waals surface area contributed by atoms with Gasteiger partial charge in [0.2, 0.25) is 0 Å². The minimum absolute atomic E-state index is 0.0145. The highest BCUT2D eigenvalue weighted by Gasteiger charge is 2.31. The molecule has 1 atom stereocenters. The minimum Gasteiger partial charge on any atom is -0.508 e. The SMILES string of the molecule is CC(C)(C)c1cc([C@H](c2ccccc2O)N2CCCCC2)cc(C(C)(C)C)c1O. The Bertz CT molecular complexity index is 817. The van der Waals surface area contributed by atoms with E-state index < -0.39 is 0 Å². The molecule has 0 aromatic heterocycles. The normalized spacial score (nSPS) is 17.3. The largest absolute Gasteiger partial charge is 0.508 e. The first kappa shape index (κ1) is 21.7. The van der Waals surface area contributed by atoms with E-state index in [2.05, 4.69) is 58.6 Å². The molecule has 1 aliphatic heterocycles. The molecule has 1 saturated heterocycles. The van der Waals surface area contributed by atoms with Crippen LogP contribution in [0.15, 0.2) is 36.4 Å². The molecule has 2 N–H and O–H groups in total. The summed E-state index contributed by atoms with van der Waals surface area (Å²) in [6.45, 7) is 14.9. The van der Waals surface area contributed by atoms with Gasteiger partial charge in [0.15, 0.2) is 0 Å². The molecule has 158 valence electrons. The summed E-state index contributed by atoms with van der Waals surface area (Å²) < 4.78 is 0. The van der Waals surface area contributed by atoms with Crippen molar-refractivity contribution in [1.82, 2.24) is 4.90 Å². The minimum atomic E-state index is -0.175. The smallest absolute Gasteiger partial charge is 0.123 e. The second-order valence-corrected chi connectivity index (χ2v) is 10.5. The van der Waals surface area contributed by atoms with Crippen molar-refractivity contribution in [2.24, 2.45) is 0 Å². The van der Waals surface area contributed by atoms with E-state index in [0.717, 1.165) is 35.3 Å². The Hall–Kier alpha value is -2.00. The molecule has 3 nitrogen and oxygen atoms in total. The van der Waals surface area contributed by atoms with Crippen molar-refractivity contribution in [3.63, 3.8) is 0 Å². The van der Waals surface area contributed by atoms with Gasteiger partial charge in [-0.1, -0.05) is 66.2 Å². The quantitative estimate of drug-likeness (QED) is 0.644. The van der Waals surface area contributed by atoms with Gasteiger partial charge in [-0.2, -0.15) is 0 Å². The first-order valence-electron chi connectivity index (χ1n) is 10.9. The number of likely N-dealkylation sites (tertiary alicyclic amines) is 1. The van der Waals surface area contributed by atoms with Crippen molar-refractivity contribution in [2.75, 3.05) is 13.1 Å². The van der Waals surface area contributed by atoms with Crippen LogP contribution in [0, 0.1) is 0 Å². The van der Waals surface area contributed by atoms with E-state index >= 15 is 0 Å². The third-order valence-corrected chi connectivity index (χ3v) is 6.05. The summed E-state index contributed by atoms with van der Waals surface area (Å²) >= 11 is 0. The number of benzene rings is 2. The van der Waals surface area contributed by atoms with Crippen LogP contribution in [0.5, 0.6) is 11.5 Å². The van der Waals surface area contributed by atoms with Crippen LogP contribution in [0.1, 0.15) is 89.1 Å². The lowest BCUT2D eigenvalue weighted by Crippen LogP contribution is -2.35. The molecule has 0 bridgehead atoms. The van der Waals surface area contributed by atoms with Crippen LogP contribution < -0.4 is 0 Å². The van der Waals surface area contributed by atoms with Crippen LogP contribution in [-0.2, 0) is 10.8 Å². The Balaban J connectivity index is 2.26. The Labute approximate surface area is 176 Å². The number of phenolic OH excluding ortho intramolecular Hbond substituents is 2. The maximum Gasteiger partial charge on any atom is 0.123 e. The highest BCUT2D eigenvalue weighted by atomic mass is 16.3. The summed E-state index contributed by atoms with van der Waals surface area (Å²) in [6, 6.07) is 12.0. The second-order valence-electron chi connectivity index (χ2n) is 10.5. The van der Waals surface area contributed by atoms with Gasteiger partial charge in [0.1, 0.15) is 11.5 Å². The van der Waals surface area contributed by atoms with Gasteiger partial charge >= 0.3 is 0 Å². The molecular formula is C26H37NO2. The number of rotatable bonds is 3. The fraction of sp³-hybridized carbons (Fsp3) is 0.538. The molecule has 2 aromatic carbocycles. The monoisotopic (exact) mass is 395 g/mol. The van der Waals surface area contributed by atoms with Gasteiger partial charge in [-0.05, 0) is 71.7 Å². The third-order valence-electron chi connectivity index (χ3n) is 6.05. The predicted octanol–water partition coefficient (Wildman–Crippen LogP) is 6.27. The molecule has 1 aliphatic rings.